The van der Waals surface area contributed by atoms with E-state index in [0.717, 1.165) is 16.7 Å². The van der Waals surface area contributed by atoms with E-state index in [1.807, 2.05) is 24.3 Å². The Morgan fingerprint density at radius 1 is 1.14 bits per heavy atom. The van der Waals surface area contributed by atoms with Crippen LogP contribution in [0, 0.1) is 0 Å². The van der Waals surface area contributed by atoms with Crippen LogP contribution in [0.25, 0.3) is 0 Å². The van der Waals surface area contributed by atoms with Crippen LogP contribution >= 0.6 is 11.6 Å². The minimum atomic E-state index is -0.296. The number of benzene rings is 2. The number of hydrogen-bond acceptors (Lipinski definition) is 3. The molecule has 2 N–H and O–H groups in total. The molecule has 0 spiro atoms. The summed E-state index contributed by atoms with van der Waals surface area (Å²) in [6.45, 7) is 0.585. The summed E-state index contributed by atoms with van der Waals surface area (Å²) in [5, 5.41) is 19.9. The fraction of sp³-hybridized carbons (Fsp3) is 0.333. The first-order valence-corrected chi connectivity index (χ1v) is 7.85. The molecule has 0 amide bonds. The molecule has 3 nitrogen and oxygen atoms in total. The van der Waals surface area contributed by atoms with E-state index < -0.39 is 0 Å². The predicted octanol–water partition coefficient (Wildman–Crippen LogP) is 3.85. The van der Waals surface area contributed by atoms with Crippen molar-refractivity contribution in [2.24, 2.45) is 0 Å². The number of aromatic hydroxyl groups is 1. The second kappa shape index (κ2) is 6.69. The van der Waals surface area contributed by atoms with Crippen molar-refractivity contribution in [1.82, 2.24) is 0 Å². The van der Waals surface area contributed by atoms with E-state index in [1.54, 1.807) is 12.1 Å². The number of phenolic OH excluding ortho intramolecular Hbond substituents is 1. The van der Waals surface area contributed by atoms with Crippen molar-refractivity contribution in [3.8, 4) is 5.75 Å². The number of aliphatic hydroxyl groups excluding tert-OH is 1. The zero-order valence-corrected chi connectivity index (χ0v) is 13.0. The quantitative estimate of drug-likeness (QED) is 0.903. The number of phenols is 1. The van der Waals surface area contributed by atoms with E-state index in [1.165, 1.54) is 0 Å². The van der Waals surface area contributed by atoms with Crippen LogP contribution in [-0.4, -0.2) is 22.9 Å². The second-order valence-corrected chi connectivity index (χ2v) is 6.14. The van der Waals surface area contributed by atoms with E-state index >= 15 is 0 Å². The number of rotatable bonds is 3. The summed E-state index contributed by atoms with van der Waals surface area (Å²) >= 11 is 6.31. The molecule has 0 bridgehead atoms. The molecule has 4 heteroatoms. The monoisotopic (exact) mass is 318 g/mol. The largest absolute Gasteiger partial charge is 0.508 e. The minimum absolute atomic E-state index is 0.0698. The predicted molar refractivity (Wildman–Crippen MR) is 86.3 cm³/mol. The Hall–Kier alpha value is -1.55. The number of ether oxygens (including phenoxy) is 1. The highest BCUT2D eigenvalue weighted by Crippen LogP contribution is 2.31. The molecule has 0 aliphatic carbocycles. The molecule has 0 unspecified atom stereocenters. The summed E-state index contributed by atoms with van der Waals surface area (Å²) in [6, 6.07) is 13.0. The highest BCUT2D eigenvalue weighted by Gasteiger charge is 2.22. The topological polar surface area (TPSA) is 49.7 Å². The molecule has 0 radical (unpaired) electrons. The van der Waals surface area contributed by atoms with Crippen molar-refractivity contribution in [1.29, 1.82) is 0 Å². The maximum atomic E-state index is 9.80. The molecule has 2 aromatic carbocycles. The van der Waals surface area contributed by atoms with E-state index in [9.17, 15) is 10.2 Å². The lowest BCUT2D eigenvalue weighted by atomic mass is 9.96. The molecule has 1 fully saturated rings. The Morgan fingerprint density at radius 3 is 2.64 bits per heavy atom. The van der Waals surface area contributed by atoms with Gasteiger partial charge in [-0.25, -0.2) is 0 Å². The Balaban J connectivity index is 1.81. The van der Waals surface area contributed by atoms with Gasteiger partial charge < -0.3 is 14.9 Å². The van der Waals surface area contributed by atoms with Gasteiger partial charge in [0.05, 0.1) is 12.2 Å². The van der Waals surface area contributed by atoms with Crippen LogP contribution < -0.4 is 0 Å². The van der Waals surface area contributed by atoms with Crippen LogP contribution in [0.3, 0.4) is 0 Å². The summed E-state index contributed by atoms with van der Waals surface area (Å²) in [5.41, 5.74) is 3.16. The van der Waals surface area contributed by atoms with Gasteiger partial charge in [-0.2, -0.15) is 0 Å². The van der Waals surface area contributed by atoms with Crippen molar-refractivity contribution in [2.75, 3.05) is 6.61 Å². The molecule has 0 aromatic heterocycles. The number of hydrogen-bond donors (Lipinski definition) is 2. The molecule has 1 heterocycles. The smallest absolute Gasteiger partial charge is 0.115 e. The standard InChI is InChI=1S/C18H19ClO3/c19-17-6-3-13(18-11-16(21)7-8-22-18)10-14(17)9-12-1-4-15(20)5-2-12/h1-6,10,16,18,20-21H,7-9,11H2/t16-,18+/m0/s1. The van der Waals surface area contributed by atoms with Gasteiger partial charge in [0.2, 0.25) is 0 Å². The molecule has 0 saturated carbocycles. The second-order valence-electron chi connectivity index (χ2n) is 5.73. The van der Waals surface area contributed by atoms with Crippen LogP contribution in [0.15, 0.2) is 42.5 Å². The third-order valence-corrected chi connectivity index (χ3v) is 4.40. The maximum absolute atomic E-state index is 9.80. The Labute approximate surface area is 135 Å². The number of halogens is 1. The van der Waals surface area contributed by atoms with Gasteiger partial charge in [-0.3, -0.25) is 0 Å². The molecule has 22 heavy (non-hydrogen) atoms. The van der Waals surface area contributed by atoms with Crippen molar-refractivity contribution in [3.05, 3.63) is 64.2 Å². The highest BCUT2D eigenvalue weighted by molar-refractivity contribution is 6.31. The first-order chi connectivity index (χ1) is 10.6. The normalized spacial score (nSPS) is 21.7. The molecule has 2 aromatic rings. The average molecular weight is 319 g/mol. The van der Waals surface area contributed by atoms with Crippen molar-refractivity contribution >= 4 is 11.6 Å². The summed E-state index contributed by atoms with van der Waals surface area (Å²) < 4.78 is 5.76. The van der Waals surface area contributed by atoms with E-state index in [0.29, 0.717) is 30.9 Å². The lowest BCUT2D eigenvalue weighted by molar-refractivity contribution is -0.0448. The summed E-state index contributed by atoms with van der Waals surface area (Å²) in [5.74, 6) is 0.258. The zero-order chi connectivity index (χ0) is 15.5. The molecule has 1 aliphatic heterocycles. The van der Waals surface area contributed by atoms with Crippen LogP contribution in [0.2, 0.25) is 5.02 Å². The van der Waals surface area contributed by atoms with E-state index in [4.69, 9.17) is 16.3 Å². The zero-order valence-electron chi connectivity index (χ0n) is 12.2. The molecule has 116 valence electrons. The minimum Gasteiger partial charge on any atom is -0.508 e. The van der Waals surface area contributed by atoms with Crippen molar-refractivity contribution in [3.63, 3.8) is 0 Å². The fourth-order valence-electron chi connectivity index (χ4n) is 2.78. The van der Waals surface area contributed by atoms with E-state index in [-0.39, 0.29) is 18.0 Å². The molecule has 2 atom stereocenters. The van der Waals surface area contributed by atoms with Gasteiger partial charge in [-0.15, -0.1) is 0 Å². The van der Waals surface area contributed by atoms with Crippen molar-refractivity contribution < 1.29 is 14.9 Å². The Kier molecular flexibility index (Phi) is 4.67. The first kappa shape index (κ1) is 15.3. The summed E-state index contributed by atoms with van der Waals surface area (Å²) in [4.78, 5) is 0. The van der Waals surface area contributed by atoms with Gasteiger partial charge in [0.1, 0.15) is 5.75 Å². The Morgan fingerprint density at radius 2 is 1.91 bits per heavy atom. The van der Waals surface area contributed by atoms with E-state index in [2.05, 4.69) is 6.07 Å². The molecular weight excluding hydrogens is 300 g/mol. The number of aliphatic hydroxyl groups is 1. The highest BCUT2D eigenvalue weighted by atomic mass is 35.5. The molecule has 1 saturated heterocycles. The fourth-order valence-corrected chi connectivity index (χ4v) is 2.96. The first-order valence-electron chi connectivity index (χ1n) is 7.48. The van der Waals surface area contributed by atoms with Gasteiger partial charge in [-0.05, 0) is 47.7 Å². The SMILES string of the molecule is Oc1ccc(Cc2cc([C@H]3C[C@@H](O)CCO3)ccc2Cl)cc1. The van der Waals surface area contributed by atoms with Crippen LogP contribution in [0.1, 0.15) is 35.6 Å². The summed E-state index contributed by atoms with van der Waals surface area (Å²) in [7, 11) is 0. The van der Waals surface area contributed by atoms with Crippen LogP contribution in [-0.2, 0) is 11.2 Å². The third-order valence-electron chi connectivity index (χ3n) is 4.03. The maximum Gasteiger partial charge on any atom is 0.115 e. The third kappa shape index (κ3) is 3.61. The molecular formula is C18H19ClO3. The van der Waals surface area contributed by atoms with Crippen molar-refractivity contribution in [2.45, 2.75) is 31.5 Å². The van der Waals surface area contributed by atoms with Crippen LogP contribution in [0.5, 0.6) is 5.75 Å². The van der Waals surface area contributed by atoms with Gasteiger partial charge in [0, 0.05) is 18.1 Å². The Bertz CT molecular complexity index is 639. The lowest BCUT2D eigenvalue weighted by Gasteiger charge is -2.27. The van der Waals surface area contributed by atoms with Gasteiger partial charge >= 0.3 is 0 Å². The van der Waals surface area contributed by atoms with Gasteiger partial charge in [-0.1, -0.05) is 35.9 Å². The summed E-state index contributed by atoms with van der Waals surface area (Å²) in [6.07, 6.45) is 1.65. The average Bonchev–Trinajstić information content (AvgIpc) is 2.52. The van der Waals surface area contributed by atoms with Crippen LogP contribution in [0.4, 0.5) is 0 Å². The molecule has 3 rings (SSSR count). The van der Waals surface area contributed by atoms with Gasteiger partial charge in [0.15, 0.2) is 0 Å². The lowest BCUT2D eigenvalue weighted by Crippen LogP contribution is -2.23. The molecule has 1 aliphatic rings. The van der Waals surface area contributed by atoms with Gasteiger partial charge in [0.25, 0.3) is 0 Å².